The molecule has 2 aromatic heterocycles. The molecule has 3 aromatic rings. The SMILES string of the molecule is CN(CCc1ccncc1)S(=O)(=O)c1ccc2c(c1)ncn2C. The van der Waals surface area contributed by atoms with Crippen molar-refractivity contribution in [1.82, 2.24) is 18.8 Å². The molecule has 120 valence electrons. The van der Waals surface area contributed by atoms with Crippen molar-refractivity contribution >= 4 is 21.1 Å². The van der Waals surface area contributed by atoms with Crippen molar-refractivity contribution in [1.29, 1.82) is 0 Å². The summed E-state index contributed by atoms with van der Waals surface area (Å²) in [4.78, 5) is 8.44. The van der Waals surface area contributed by atoms with Crippen molar-refractivity contribution < 1.29 is 8.42 Å². The van der Waals surface area contributed by atoms with Crippen molar-refractivity contribution in [3.63, 3.8) is 0 Å². The lowest BCUT2D eigenvalue weighted by molar-refractivity contribution is 0.472. The van der Waals surface area contributed by atoms with E-state index in [-0.39, 0.29) is 4.90 Å². The first-order chi connectivity index (χ1) is 11.0. The van der Waals surface area contributed by atoms with Gasteiger partial charge in [0, 0.05) is 33.0 Å². The van der Waals surface area contributed by atoms with Crippen molar-refractivity contribution in [3.8, 4) is 0 Å². The number of rotatable bonds is 5. The van der Waals surface area contributed by atoms with Crippen LogP contribution in [0.4, 0.5) is 0 Å². The zero-order valence-corrected chi connectivity index (χ0v) is 13.9. The molecule has 23 heavy (non-hydrogen) atoms. The van der Waals surface area contributed by atoms with E-state index in [4.69, 9.17) is 0 Å². The Kier molecular flexibility index (Phi) is 4.14. The van der Waals surface area contributed by atoms with Gasteiger partial charge in [0.1, 0.15) is 0 Å². The maximum atomic E-state index is 12.7. The highest BCUT2D eigenvalue weighted by molar-refractivity contribution is 7.89. The third-order valence-electron chi connectivity index (χ3n) is 3.87. The lowest BCUT2D eigenvalue weighted by atomic mass is 10.2. The standard InChI is InChI=1S/C16H18N4O2S/c1-19-12-18-15-11-14(3-4-16(15)19)23(21,22)20(2)10-7-13-5-8-17-9-6-13/h3-6,8-9,11-12H,7,10H2,1-2H3. The first kappa shape index (κ1) is 15.6. The van der Waals surface area contributed by atoms with E-state index in [1.165, 1.54) is 4.31 Å². The molecule has 0 atom stereocenters. The first-order valence-corrected chi connectivity index (χ1v) is 8.69. The lowest BCUT2D eigenvalue weighted by Crippen LogP contribution is -2.29. The third kappa shape index (κ3) is 3.11. The molecular weight excluding hydrogens is 312 g/mol. The van der Waals surface area contributed by atoms with Crippen LogP contribution in [0, 0.1) is 0 Å². The maximum Gasteiger partial charge on any atom is 0.242 e. The highest BCUT2D eigenvalue weighted by Crippen LogP contribution is 2.20. The second kappa shape index (κ2) is 6.10. The summed E-state index contributed by atoms with van der Waals surface area (Å²) in [6, 6.07) is 8.81. The molecule has 0 unspecified atom stereocenters. The molecule has 0 radical (unpaired) electrons. The van der Waals surface area contributed by atoms with Gasteiger partial charge in [-0.3, -0.25) is 4.98 Å². The van der Waals surface area contributed by atoms with Crippen LogP contribution in [-0.4, -0.2) is 40.9 Å². The number of hydrogen-bond acceptors (Lipinski definition) is 4. The summed E-state index contributed by atoms with van der Waals surface area (Å²) in [6.45, 7) is 0.409. The minimum atomic E-state index is -3.52. The molecule has 6 nitrogen and oxygen atoms in total. The summed E-state index contributed by atoms with van der Waals surface area (Å²) in [5.74, 6) is 0. The second-order valence-electron chi connectivity index (χ2n) is 5.44. The Morgan fingerprint density at radius 3 is 2.65 bits per heavy atom. The quantitative estimate of drug-likeness (QED) is 0.716. The van der Waals surface area contributed by atoms with Crippen molar-refractivity contribution in [2.24, 2.45) is 7.05 Å². The number of aromatic nitrogens is 3. The maximum absolute atomic E-state index is 12.7. The number of hydrogen-bond donors (Lipinski definition) is 0. The fourth-order valence-electron chi connectivity index (χ4n) is 2.41. The van der Waals surface area contributed by atoms with Crippen molar-refractivity contribution in [3.05, 3.63) is 54.6 Å². The van der Waals surface area contributed by atoms with Gasteiger partial charge in [0.2, 0.25) is 10.0 Å². The Morgan fingerprint density at radius 2 is 1.91 bits per heavy atom. The van der Waals surface area contributed by atoms with E-state index in [1.54, 1.807) is 44.0 Å². The first-order valence-electron chi connectivity index (χ1n) is 7.25. The summed E-state index contributed by atoms with van der Waals surface area (Å²) >= 11 is 0. The van der Waals surface area contributed by atoms with Gasteiger partial charge in [-0.05, 0) is 42.3 Å². The molecule has 0 aliphatic rings. The van der Waals surface area contributed by atoms with E-state index in [2.05, 4.69) is 9.97 Å². The number of imidazole rings is 1. The number of nitrogens with zero attached hydrogens (tertiary/aromatic N) is 4. The zero-order valence-electron chi connectivity index (χ0n) is 13.0. The van der Waals surface area contributed by atoms with Gasteiger partial charge < -0.3 is 4.57 Å². The second-order valence-corrected chi connectivity index (χ2v) is 7.48. The number of pyridine rings is 1. The molecule has 0 saturated heterocycles. The number of aryl methyl sites for hydroxylation is 1. The van der Waals surface area contributed by atoms with E-state index in [0.29, 0.717) is 18.5 Å². The summed E-state index contributed by atoms with van der Waals surface area (Å²) < 4.78 is 28.6. The molecule has 1 aromatic carbocycles. The fraction of sp³-hybridized carbons (Fsp3) is 0.250. The third-order valence-corrected chi connectivity index (χ3v) is 5.72. The lowest BCUT2D eigenvalue weighted by Gasteiger charge is -2.17. The molecule has 0 saturated carbocycles. The van der Waals surface area contributed by atoms with Gasteiger partial charge in [0.05, 0.1) is 22.3 Å². The summed E-state index contributed by atoms with van der Waals surface area (Å²) in [6.07, 6.45) is 5.73. The van der Waals surface area contributed by atoms with Crippen LogP contribution in [0.3, 0.4) is 0 Å². The van der Waals surface area contributed by atoms with E-state index in [0.717, 1.165) is 11.1 Å². The predicted molar refractivity (Wildman–Crippen MR) is 88.5 cm³/mol. The Labute approximate surface area is 135 Å². The van der Waals surface area contributed by atoms with Gasteiger partial charge in [-0.2, -0.15) is 0 Å². The van der Waals surface area contributed by atoms with Gasteiger partial charge in [-0.25, -0.2) is 17.7 Å². The van der Waals surface area contributed by atoms with E-state index in [1.807, 2.05) is 23.7 Å². The summed E-state index contributed by atoms with van der Waals surface area (Å²) in [5, 5.41) is 0. The Balaban J connectivity index is 1.81. The van der Waals surface area contributed by atoms with E-state index in [9.17, 15) is 8.42 Å². The van der Waals surface area contributed by atoms with Gasteiger partial charge in [0.25, 0.3) is 0 Å². The van der Waals surface area contributed by atoms with Crippen LogP contribution in [0.15, 0.2) is 53.9 Å². The minimum Gasteiger partial charge on any atom is -0.334 e. The summed E-state index contributed by atoms with van der Waals surface area (Å²) in [5.41, 5.74) is 2.64. The smallest absolute Gasteiger partial charge is 0.242 e. The fourth-order valence-corrected chi connectivity index (χ4v) is 3.60. The normalized spacial score (nSPS) is 12.1. The molecule has 0 amide bonds. The number of benzene rings is 1. The van der Waals surface area contributed by atoms with Crippen LogP contribution in [0.2, 0.25) is 0 Å². The molecule has 0 bridgehead atoms. The largest absolute Gasteiger partial charge is 0.334 e. The van der Waals surface area contributed by atoms with Crippen LogP contribution in [0.1, 0.15) is 5.56 Å². The molecule has 7 heteroatoms. The van der Waals surface area contributed by atoms with Crippen LogP contribution in [-0.2, 0) is 23.5 Å². The van der Waals surface area contributed by atoms with Crippen LogP contribution in [0.25, 0.3) is 11.0 Å². The van der Waals surface area contributed by atoms with E-state index < -0.39 is 10.0 Å². The number of sulfonamides is 1. The number of fused-ring (bicyclic) bond motifs is 1. The molecule has 0 aliphatic carbocycles. The van der Waals surface area contributed by atoms with Crippen LogP contribution >= 0.6 is 0 Å². The van der Waals surface area contributed by atoms with Gasteiger partial charge in [-0.1, -0.05) is 0 Å². The number of likely N-dealkylation sites (N-methyl/N-ethyl adjacent to an activating group) is 1. The molecule has 0 spiro atoms. The Hall–Kier alpha value is -2.25. The molecule has 0 aliphatic heterocycles. The Morgan fingerprint density at radius 1 is 1.17 bits per heavy atom. The average Bonchev–Trinajstić information content (AvgIpc) is 2.94. The monoisotopic (exact) mass is 330 g/mol. The summed E-state index contributed by atoms with van der Waals surface area (Å²) in [7, 11) is -0.0472. The van der Waals surface area contributed by atoms with E-state index >= 15 is 0 Å². The van der Waals surface area contributed by atoms with Gasteiger partial charge in [0.15, 0.2) is 0 Å². The molecule has 0 N–H and O–H groups in total. The van der Waals surface area contributed by atoms with Gasteiger partial charge >= 0.3 is 0 Å². The molecule has 0 fully saturated rings. The van der Waals surface area contributed by atoms with Crippen LogP contribution in [0.5, 0.6) is 0 Å². The van der Waals surface area contributed by atoms with Crippen LogP contribution < -0.4 is 0 Å². The molecule has 2 heterocycles. The highest BCUT2D eigenvalue weighted by atomic mass is 32.2. The predicted octanol–water partition coefficient (Wildman–Crippen LogP) is 1.83. The average molecular weight is 330 g/mol. The molecule has 3 rings (SSSR count). The van der Waals surface area contributed by atoms with Gasteiger partial charge in [-0.15, -0.1) is 0 Å². The Bertz CT molecular complexity index is 920. The van der Waals surface area contributed by atoms with Crippen molar-refractivity contribution in [2.75, 3.05) is 13.6 Å². The topological polar surface area (TPSA) is 68.1 Å². The highest BCUT2D eigenvalue weighted by Gasteiger charge is 2.21. The molecular formula is C16H18N4O2S. The van der Waals surface area contributed by atoms with Crippen molar-refractivity contribution in [2.45, 2.75) is 11.3 Å². The zero-order chi connectivity index (χ0) is 16.4. The minimum absolute atomic E-state index is 0.265.